The van der Waals surface area contributed by atoms with E-state index in [0.717, 1.165) is 17.0 Å². The summed E-state index contributed by atoms with van der Waals surface area (Å²) in [7, 11) is 1.64. The number of hydrogen-bond acceptors (Lipinski definition) is 4. The number of pyridine rings is 1. The Bertz CT molecular complexity index is 485. The summed E-state index contributed by atoms with van der Waals surface area (Å²) in [6.07, 6.45) is 5.20. The van der Waals surface area contributed by atoms with E-state index in [1.165, 1.54) is 0 Å². The van der Waals surface area contributed by atoms with E-state index in [4.69, 9.17) is 4.74 Å². The minimum atomic E-state index is 0. The molecule has 0 saturated heterocycles. The highest BCUT2D eigenvalue weighted by Gasteiger charge is 1.91. The first-order valence-electron chi connectivity index (χ1n) is 5.21. The zero-order valence-electron chi connectivity index (χ0n) is 9.91. The Hall–Kier alpha value is -2.07. The van der Waals surface area contributed by atoms with Crippen LogP contribution in [0.4, 0.5) is 5.69 Å². The number of rotatable bonds is 4. The first-order valence-corrected chi connectivity index (χ1v) is 5.21. The lowest BCUT2D eigenvalue weighted by Gasteiger charge is -2.02. The Kier molecular flexibility index (Phi) is 5.67. The van der Waals surface area contributed by atoms with Crippen LogP contribution in [-0.2, 0) is 0 Å². The van der Waals surface area contributed by atoms with Crippen LogP contribution < -0.4 is 10.2 Å². The monoisotopic (exact) mass is 263 g/mol. The van der Waals surface area contributed by atoms with Crippen LogP contribution >= 0.6 is 12.4 Å². The number of hydrazone groups is 1. The van der Waals surface area contributed by atoms with Gasteiger partial charge in [-0.3, -0.25) is 10.4 Å². The van der Waals surface area contributed by atoms with E-state index in [0.29, 0.717) is 0 Å². The van der Waals surface area contributed by atoms with Gasteiger partial charge in [-0.2, -0.15) is 5.10 Å². The Labute approximate surface area is 112 Å². The normalized spacial score (nSPS) is 9.83. The fraction of sp³-hybridized carbons (Fsp3) is 0.0769. The fourth-order valence-corrected chi connectivity index (χ4v) is 1.30. The molecule has 0 fully saturated rings. The molecule has 1 N–H and O–H groups in total. The van der Waals surface area contributed by atoms with Crippen LogP contribution in [0.3, 0.4) is 0 Å². The van der Waals surface area contributed by atoms with Crippen LogP contribution in [0.25, 0.3) is 0 Å². The molecule has 2 aromatic rings. The molecule has 0 unspecified atom stereocenters. The van der Waals surface area contributed by atoms with Gasteiger partial charge in [0.05, 0.1) is 19.0 Å². The van der Waals surface area contributed by atoms with E-state index < -0.39 is 0 Å². The van der Waals surface area contributed by atoms with Gasteiger partial charge in [0.2, 0.25) is 0 Å². The number of nitrogens with one attached hydrogen (secondary N) is 1. The minimum absolute atomic E-state index is 0. The van der Waals surface area contributed by atoms with Crippen LogP contribution in [-0.4, -0.2) is 18.3 Å². The van der Waals surface area contributed by atoms with Crippen LogP contribution in [0.2, 0.25) is 0 Å². The Morgan fingerprint density at radius 2 is 1.78 bits per heavy atom. The molecule has 0 amide bonds. The third kappa shape index (κ3) is 4.07. The number of benzene rings is 1. The molecule has 18 heavy (non-hydrogen) atoms. The van der Waals surface area contributed by atoms with E-state index in [2.05, 4.69) is 15.5 Å². The number of ether oxygens (including phenoxy) is 1. The molecule has 94 valence electrons. The summed E-state index contributed by atoms with van der Waals surface area (Å²) in [5.41, 5.74) is 4.85. The van der Waals surface area contributed by atoms with Crippen molar-refractivity contribution in [2.75, 3.05) is 12.5 Å². The highest BCUT2D eigenvalue weighted by atomic mass is 35.5. The Morgan fingerprint density at radius 3 is 2.39 bits per heavy atom. The van der Waals surface area contributed by atoms with E-state index >= 15 is 0 Å². The fourth-order valence-electron chi connectivity index (χ4n) is 1.30. The molecule has 4 nitrogen and oxygen atoms in total. The van der Waals surface area contributed by atoms with Crippen molar-refractivity contribution in [2.45, 2.75) is 0 Å². The number of nitrogens with zero attached hydrogens (tertiary/aromatic N) is 2. The van der Waals surface area contributed by atoms with Gasteiger partial charge in [0.25, 0.3) is 0 Å². The lowest BCUT2D eigenvalue weighted by Crippen LogP contribution is -1.91. The van der Waals surface area contributed by atoms with Gasteiger partial charge in [-0.15, -0.1) is 12.4 Å². The summed E-state index contributed by atoms with van der Waals surface area (Å²) < 4.78 is 5.07. The zero-order chi connectivity index (χ0) is 11.9. The van der Waals surface area contributed by atoms with Crippen LogP contribution in [0.1, 0.15) is 5.56 Å². The molecule has 2 rings (SSSR count). The molecule has 0 aliphatic rings. The second kappa shape index (κ2) is 7.29. The molecule has 0 radical (unpaired) electrons. The summed E-state index contributed by atoms with van der Waals surface area (Å²) in [5.74, 6) is 0.827. The van der Waals surface area contributed by atoms with E-state index in [1.807, 2.05) is 36.4 Å². The molecule has 0 saturated carbocycles. The summed E-state index contributed by atoms with van der Waals surface area (Å²) in [6.45, 7) is 0. The molecule has 0 aliphatic carbocycles. The van der Waals surface area contributed by atoms with E-state index in [-0.39, 0.29) is 12.4 Å². The molecular weight excluding hydrogens is 250 g/mol. The maximum Gasteiger partial charge on any atom is 0.119 e. The molecular formula is C13H14ClN3O. The predicted molar refractivity (Wildman–Crippen MR) is 75.7 cm³/mol. The van der Waals surface area contributed by atoms with Crippen molar-refractivity contribution in [2.24, 2.45) is 5.10 Å². The zero-order valence-corrected chi connectivity index (χ0v) is 10.7. The van der Waals surface area contributed by atoms with Crippen molar-refractivity contribution in [3.8, 4) is 5.75 Å². The third-order valence-corrected chi connectivity index (χ3v) is 2.20. The van der Waals surface area contributed by atoms with Gasteiger partial charge in [0, 0.05) is 12.4 Å². The molecule has 5 heteroatoms. The molecule has 1 aromatic carbocycles. The molecule has 0 spiro atoms. The standard InChI is InChI=1S/C13H13N3O.ClH/c1-17-13-4-2-12(3-5-13)16-15-10-11-6-8-14-9-7-11;/h2-10,16H,1H3;1H/b15-10+;. The summed E-state index contributed by atoms with van der Waals surface area (Å²) in [5, 5.41) is 4.12. The van der Waals surface area contributed by atoms with Gasteiger partial charge < -0.3 is 4.74 Å². The van der Waals surface area contributed by atoms with E-state index in [1.54, 1.807) is 25.7 Å². The topological polar surface area (TPSA) is 46.5 Å². The largest absolute Gasteiger partial charge is 0.497 e. The van der Waals surface area contributed by atoms with Crippen molar-refractivity contribution in [3.63, 3.8) is 0 Å². The maximum absolute atomic E-state index is 5.07. The second-order valence-corrected chi connectivity index (χ2v) is 3.38. The second-order valence-electron chi connectivity index (χ2n) is 3.38. The van der Waals surface area contributed by atoms with Crippen molar-refractivity contribution in [3.05, 3.63) is 54.4 Å². The van der Waals surface area contributed by atoms with Crippen molar-refractivity contribution < 1.29 is 4.74 Å². The van der Waals surface area contributed by atoms with Crippen molar-refractivity contribution >= 4 is 24.3 Å². The highest BCUT2D eigenvalue weighted by molar-refractivity contribution is 5.85. The van der Waals surface area contributed by atoms with Crippen molar-refractivity contribution in [1.29, 1.82) is 0 Å². The van der Waals surface area contributed by atoms with Gasteiger partial charge in [-0.1, -0.05) is 0 Å². The molecule has 0 atom stereocenters. The third-order valence-electron chi connectivity index (χ3n) is 2.20. The number of hydrogen-bond donors (Lipinski definition) is 1. The number of anilines is 1. The number of aromatic nitrogens is 1. The smallest absolute Gasteiger partial charge is 0.119 e. The lowest BCUT2D eigenvalue weighted by atomic mass is 10.3. The van der Waals surface area contributed by atoms with Gasteiger partial charge in [-0.25, -0.2) is 0 Å². The quantitative estimate of drug-likeness (QED) is 0.681. The van der Waals surface area contributed by atoms with Crippen molar-refractivity contribution in [1.82, 2.24) is 4.98 Å². The van der Waals surface area contributed by atoms with Crippen LogP contribution in [0.15, 0.2) is 53.9 Å². The summed E-state index contributed by atoms with van der Waals surface area (Å²) in [6, 6.07) is 11.3. The summed E-state index contributed by atoms with van der Waals surface area (Å²) >= 11 is 0. The van der Waals surface area contributed by atoms with Crippen LogP contribution in [0, 0.1) is 0 Å². The summed E-state index contributed by atoms with van der Waals surface area (Å²) in [4.78, 5) is 3.93. The predicted octanol–water partition coefficient (Wildman–Crippen LogP) is 2.96. The van der Waals surface area contributed by atoms with Gasteiger partial charge in [-0.05, 0) is 42.0 Å². The molecule has 0 aliphatic heterocycles. The first-order chi connectivity index (χ1) is 8.38. The Balaban J connectivity index is 0.00000162. The SMILES string of the molecule is COc1ccc(N/N=C/c2ccncc2)cc1.Cl. The Morgan fingerprint density at radius 1 is 1.11 bits per heavy atom. The molecule has 1 aromatic heterocycles. The van der Waals surface area contributed by atoms with Gasteiger partial charge in [0.1, 0.15) is 5.75 Å². The number of halogens is 1. The maximum atomic E-state index is 5.07. The van der Waals surface area contributed by atoms with Crippen LogP contribution in [0.5, 0.6) is 5.75 Å². The average molecular weight is 264 g/mol. The highest BCUT2D eigenvalue weighted by Crippen LogP contribution is 2.14. The van der Waals surface area contributed by atoms with Gasteiger partial charge >= 0.3 is 0 Å². The average Bonchev–Trinajstić information content (AvgIpc) is 2.41. The molecule has 0 bridgehead atoms. The van der Waals surface area contributed by atoms with Gasteiger partial charge in [0.15, 0.2) is 0 Å². The number of methoxy groups -OCH3 is 1. The minimum Gasteiger partial charge on any atom is -0.497 e. The first kappa shape index (κ1) is 14.0. The lowest BCUT2D eigenvalue weighted by molar-refractivity contribution is 0.415. The molecule has 1 heterocycles. The van der Waals surface area contributed by atoms with E-state index in [9.17, 15) is 0 Å².